The van der Waals surface area contributed by atoms with Crippen LogP contribution in [0.3, 0.4) is 0 Å². The summed E-state index contributed by atoms with van der Waals surface area (Å²) in [6, 6.07) is 7.29. The Morgan fingerprint density at radius 2 is 2.12 bits per heavy atom. The minimum absolute atomic E-state index is 0.221. The van der Waals surface area contributed by atoms with Crippen molar-refractivity contribution >= 4 is 17.4 Å². The molecule has 0 bridgehead atoms. The Kier molecular flexibility index (Phi) is 3.41. The Labute approximate surface area is 109 Å². The van der Waals surface area contributed by atoms with Crippen molar-refractivity contribution in [3.05, 3.63) is 23.8 Å². The second kappa shape index (κ2) is 4.54. The molecule has 0 radical (unpaired) electrons. The summed E-state index contributed by atoms with van der Waals surface area (Å²) in [5.74, 6) is 1.09. The lowest BCUT2D eigenvalue weighted by Gasteiger charge is -2.35. The molecule has 0 aromatic heterocycles. The van der Waals surface area contributed by atoms with E-state index in [0.29, 0.717) is 6.04 Å². The first kappa shape index (κ1) is 12.8. The van der Waals surface area contributed by atoms with Crippen LogP contribution in [-0.2, 0) is 5.41 Å². The maximum Gasteiger partial charge on any atom is 0.0505 e. The summed E-state index contributed by atoms with van der Waals surface area (Å²) in [5, 5.41) is 0. The molecule has 2 nitrogen and oxygen atoms in total. The van der Waals surface area contributed by atoms with Gasteiger partial charge in [-0.2, -0.15) is 0 Å². The molecular formula is C14H22N2S. The van der Waals surface area contributed by atoms with Gasteiger partial charge in [-0.3, -0.25) is 0 Å². The van der Waals surface area contributed by atoms with Crippen LogP contribution in [0.4, 0.5) is 5.69 Å². The van der Waals surface area contributed by atoms with Crippen molar-refractivity contribution < 1.29 is 0 Å². The Morgan fingerprint density at radius 1 is 1.41 bits per heavy atom. The molecule has 2 N–H and O–H groups in total. The highest BCUT2D eigenvalue weighted by Crippen LogP contribution is 2.39. The zero-order valence-electron chi connectivity index (χ0n) is 11.2. The van der Waals surface area contributed by atoms with E-state index in [9.17, 15) is 0 Å². The zero-order chi connectivity index (χ0) is 12.6. The maximum atomic E-state index is 5.79. The van der Waals surface area contributed by atoms with E-state index in [1.54, 1.807) is 0 Å². The topological polar surface area (TPSA) is 29.3 Å². The second-order valence-corrected chi connectivity index (χ2v) is 6.81. The first-order valence-corrected chi connectivity index (χ1v) is 7.12. The van der Waals surface area contributed by atoms with E-state index in [1.165, 1.54) is 16.1 Å². The highest BCUT2D eigenvalue weighted by molar-refractivity contribution is 7.99. The molecule has 1 unspecified atom stereocenters. The summed E-state index contributed by atoms with van der Waals surface area (Å²) >= 11 is 1.93. The molecule has 3 heteroatoms. The van der Waals surface area contributed by atoms with Crippen molar-refractivity contribution in [2.75, 3.05) is 24.2 Å². The van der Waals surface area contributed by atoms with Gasteiger partial charge in [-0.05, 0) is 23.1 Å². The van der Waals surface area contributed by atoms with Gasteiger partial charge in [0.1, 0.15) is 0 Å². The quantitative estimate of drug-likeness (QED) is 0.831. The fourth-order valence-corrected chi connectivity index (χ4v) is 3.41. The van der Waals surface area contributed by atoms with E-state index < -0.39 is 0 Å². The van der Waals surface area contributed by atoms with Crippen LogP contribution in [-0.4, -0.2) is 25.4 Å². The number of benzene rings is 1. The van der Waals surface area contributed by atoms with Crippen LogP contribution in [0.1, 0.15) is 26.3 Å². The predicted molar refractivity (Wildman–Crippen MR) is 77.1 cm³/mol. The summed E-state index contributed by atoms with van der Waals surface area (Å²) in [6.07, 6.45) is 0. The van der Waals surface area contributed by atoms with Gasteiger partial charge in [0.15, 0.2) is 0 Å². The molecule has 0 aliphatic carbocycles. The van der Waals surface area contributed by atoms with E-state index in [2.05, 4.69) is 50.9 Å². The Bertz CT molecular complexity index is 409. The molecule has 1 aliphatic rings. The summed E-state index contributed by atoms with van der Waals surface area (Å²) < 4.78 is 0. The predicted octanol–water partition coefficient (Wildman–Crippen LogP) is 2.85. The molecule has 0 saturated heterocycles. The van der Waals surface area contributed by atoms with Crippen LogP contribution in [0, 0.1) is 0 Å². The molecule has 2 rings (SSSR count). The van der Waals surface area contributed by atoms with Crippen LogP contribution in [0.25, 0.3) is 0 Å². The molecule has 1 aromatic carbocycles. The molecular weight excluding hydrogens is 228 g/mol. The molecule has 1 heterocycles. The normalized spacial score (nSPS) is 20.3. The zero-order valence-corrected chi connectivity index (χ0v) is 12.0. The number of nitrogens with two attached hydrogens (primary N) is 1. The van der Waals surface area contributed by atoms with Gasteiger partial charge in [-0.1, -0.05) is 26.8 Å². The number of nitrogens with zero attached hydrogens (tertiary/aromatic N) is 1. The van der Waals surface area contributed by atoms with E-state index in [-0.39, 0.29) is 5.41 Å². The third-order valence-corrected chi connectivity index (χ3v) is 4.65. The summed E-state index contributed by atoms with van der Waals surface area (Å²) in [7, 11) is 2.15. The molecule has 0 amide bonds. The van der Waals surface area contributed by atoms with Crippen molar-refractivity contribution in [3.8, 4) is 0 Å². The number of fused-ring (bicyclic) bond motifs is 1. The molecule has 1 atom stereocenters. The van der Waals surface area contributed by atoms with Gasteiger partial charge < -0.3 is 10.6 Å². The van der Waals surface area contributed by atoms with Crippen molar-refractivity contribution in [2.24, 2.45) is 5.73 Å². The van der Waals surface area contributed by atoms with E-state index in [4.69, 9.17) is 5.73 Å². The highest BCUT2D eigenvalue weighted by Gasteiger charge is 2.24. The number of thioether (sulfide) groups is 1. The molecule has 1 aromatic rings. The number of hydrogen-bond donors (Lipinski definition) is 1. The lowest BCUT2D eigenvalue weighted by atomic mass is 9.87. The lowest BCUT2D eigenvalue weighted by Crippen LogP contribution is -2.42. The van der Waals surface area contributed by atoms with E-state index in [1.807, 2.05) is 11.8 Å². The Balaban J connectivity index is 2.36. The molecule has 0 saturated carbocycles. The van der Waals surface area contributed by atoms with Gasteiger partial charge in [0.2, 0.25) is 0 Å². The van der Waals surface area contributed by atoms with Crippen LogP contribution < -0.4 is 10.6 Å². The molecule has 0 spiro atoms. The standard InChI is InChI=1S/C14H22N2S/c1-14(2,3)10-5-6-12-13(7-10)17-9-11(8-15)16(12)4/h5-7,11H,8-9,15H2,1-4H3. The number of rotatable bonds is 1. The van der Waals surface area contributed by atoms with Gasteiger partial charge in [0.25, 0.3) is 0 Å². The number of anilines is 1. The molecule has 1 aliphatic heterocycles. The fraction of sp³-hybridized carbons (Fsp3) is 0.571. The fourth-order valence-electron chi connectivity index (χ4n) is 2.11. The third-order valence-electron chi connectivity index (χ3n) is 3.46. The van der Waals surface area contributed by atoms with E-state index >= 15 is 0 Å². The monoisotopic (exact) mass is 250 g/mol. The van der Waals surface area contributed by atoms with Crippen LogP contribution in [0.5, 0.6) is 0 Å². The van der Waals surface area contributed by atoms with Crippen LogP contribution in [0.2, 0.25) is 0 Å². The van der Waals surface area contributed by atoms with Gasteiger partial charge in [-0.25, -0.2) is 0 Å². The molecule has 94 valence electrons. The average Bonchev–Trinajstić information content (AvgIpc) is 2.28. The van der Waals surface area contributed by atoms with Gasteiger partial charge in [-0.15, -0.1) is 11.8 Å². The van der Waals surface area contributed by atoms with Gasteiger partial charge >= 0.3 is 0 Å². The highest BCUT2D eigenvalue weighted by atomic mass is 32.2. The molecule has 17 heavy (non-hydrogen) atoms. The summed E-state index contributed by atoms with van der Waals surface area (Å²) in [5.41, 5.74) is 8.75. The first-order chi connectivity index (χ1) is 7.93. The van der Waals surface area contributed by atoms with Crippen molar-refractivity contribution in [1.82, 2.24) is 0 Å². The van der Waals surface area contributed by atoms with Gasteiger partial charge in [0, 0.05) is 24.2 Å². The third kappa shape index (κ3) is 2.45. The van der Waals surface area contributed by atoms with Crippen LogP contribution in [0.15, 0.2) is 23.1 Å². The number of likely N-dealkylation sites (N-methyl/N-ethyl adjacent to an activating group) is 1. The SMILES string of the molecule is CN1c2ccc(C(C)(C)C)cc2SCC1CN. The summed E-state index contributed by atoms with van der Waals surface area (Å²) in [6.45, 7) is 7.50. The van der Waals surface area contributed by atoms with Crippen molar-refractivity contribution in [1.29, 1.82) is 0 Å². The minimum Gasteiger partial charge on any atom is -0.369 e. The van der Waals surface area contributed by atoms with Gasteiger partial charge in [0.05, 0.1) is 11.7 Å². The summed E-state index contributed by atoms with van der Waals surface area (Å²) in [4.78, 5) is 3.71. The van der Waals surface area contributed by atoms with E-state index in [0.717, 1.165) is 12.3 Å². The lowest BCUT2D eigenvalue weighted by molar-refractivity contribution is 0.587. The second-order valence-electron chi connectivity index (χ2n) is 5.74. The smallest absolute Gasteiger partial charge is 0.0505 e. The first-order valence-electron chi connectivity index (χ1n) is 6.13. The van der Waals surface area contributed by atoms with Crippen molar-refractivity contribution in [2.45, 2.75) is 37.1 Å². The molecule has 0 fully saturated rings. The Morgan fingerprint density at radius 3 is 2.71 bits per heavy atom. The number of hydrogen-bond acceptors (Lipinski definition) is 3. The largest absolute Gasteiger partial charge is 0.369 e. The Hall–Kier alpha value is -0.670. The van der Waals surface area contributed by atoms with Crippen molar-refractivity contribution in [3.63, 3.8) is 0 Å². The average molecular weight is 250 g/mol. The minimum atomic E-state index is 0.221. The van der Waals surface area contributed by atoms with Crippen LogP contribution >= 0.6 is 11.8 Å². The maximum absolute atomic E-state index is 5.79.